The van der Waals surface area contributed by atoms with E-state index in [1.54, 1.807) is 30.2 Å². The molecular formula is C19H20N2O2S. The van der Waals surface area contributed by atoms with Crippen LogP contribution in [0.25, 0.3) is 10.2 Å². The molecule has 0 saturated carbocycles. The minimum atomic E-state index is -1.20. The number of aryl methyl sites for hydroxylation is 1. The quantitative estimate of drug-likeness (QED) is 0.784. The summed E-state index contributed by atoms with van der Waals surface area (Å²) in [7, 11) is 1.73. The second-order valence-corrected chi connectivity index (χ2v) is 7.39. The molecule has 2 aromatic carbocycles. The molecule has 1 amide bonds. The van der Waals surface area contributed by atoms with Crippen LogP contribution < -0.4 is 4.90 Å². The lowest BCUT2D eigenvalue weighted by Crippen LogP contribution is -2.34. The van der Waals surface area contributed by atoms with Gasteiger partial charge in [0, 0.05) is 12.7 Å². The molecule has 1 heterocycles. The molecular weight excluding hydrogens is 320 g/mol. The minimum absolute atomic E-state index is 0.0211. The second-order valence-electron chi connectivity index (χ2n) is 6.15. The number of nitrogens with zero attached hydrogens (tertiary/aromatic N) is 2. The van der Waals surface area contributed by atoms with Crippen molar-refractivity contribution >= 4 is 33.1 Å². The van der Waals surface area contributed by atoms with Crippen LogP contribution >= 0.6 is 11.3 Å². The first-order valence-corrected chi connectivity index (χ1v) is 8.60. The number of carbonyl (C=O) groups is 1. The highest BCUT2D eigenvalue weighted by molar-refractivity contribution is 7.18. The molecule has 1 atom stereocenters. The van der Waals surface area contributed by atoms with Gasteiger partial charge in [0.2, 0.25) is 5.91 Å². The fourth-order valence-corrected chi connectivity index (χ4v) is 3.55. The molecule has 0 saturated heterocycles. The lowest BCUT2D eigenvalue weighted by molar-refractivity contribution is -0.123. The van der Waals surface area contributed by atoms with Crippen LogP contribution in [-0.2, 0) is 10.4 Å². The lowest BCUT2D eigenvalue weighted by atomic mass is 9.92. The highest BCUT2D eigenvalue weighted by Gasteiger charge is 2.28. The van der Waals surface area contributed by atoms with Gasteiger partial charge in [0.25, 0.3) is 0 Å². The zero-order valence-corrected chi connectivity index (χ0v) is 14.8. The van der Waals surface area contributed by atoms with Gasteiger partial charge in [0.15, 0.2) is 0 Å². The van der Waals surface area contributed by atoms with Crippen molar-refractivity contribution in [3.05, 3.63) is 59.1 Å². The Morgan fingerprint density at radius 3 is 2.67 bits per heavy atom. The van der Waals surface area contributed by atoms with Gasteiger partial charge in [-0.1, -0.05) is 30.3 Å². The van der Waals surface area contributed by atoms with Crippen LogP contribution in [0.3, 0.4) is 0 Å². The van der Waals surface area contributed by atoms with Gasteiger partial charge in [-0.15, -0.1) is 11.3 Å². The van der Waals surface area contributed by atoms with E-state index in [4.69, 9.17) is 0 Å². The van der Waals surface area contributed by atoms with E-state index in [1.165, 1.54) is 0 Å². The van der Waals surface area contributed by atoms with Gasteiger partial charge < -0.3 is 10.0 Å². The number of anilines is 1. The van der Waals surface area contributed by atoms with E-state index >= 15 is 0 Å². The Kier molecular flexibility index (Phi) is 4.39. The highest BCUT2D eigenvalue weighted by Crippen LogP contribution is 2.29. The van der Waals surface area contributed by atoms with Crippen molar-refractivity contribution in [1.82, 2.24) is 4.98 Å². The summed E-state index contributed by atoms with van der Waals surface area (Å²) in [4.78, 5) is 18.6. The molecule has 0 radical (unpaired) electrons. The Bertz CT molecular complexity index is 871. The number of amides is 1. The Morgan fingerprint density at radius 2 is 1.96 bits per heavy atom. The zero-order chi connectivity index (χ0) is 17.3. The van der Waals surface area contributed by atoms with Gasteiger partial charge >= 0.3 is 0 Å². The van der Waals surface area contributed by atoms with Crippen molar-refractivity contribution in [2.24, 2.45) is 0 Å². The molecule has 0 aliphatic rings. The molecule has 0 spiro atoms. The van der Waals surface area contributed by atoms with E-state index < -0.39 is 5.60 Å². The third-order valence-corrected chi connectivity index (χ3v) is 5.07. The maximum atomic E-state index is 12.6. The van der Waals surface area contributed by atoms with Gasteiger partial charge in [0.1, 0.15) is 0 Å². The van der Waals surface area contributed by atoms with E-state index in [0.29, 0.717) is 0 Å². The van der Waals surface area contributed by atoms with Crippen molar-refractivity contribution in [2.45, 2.75) is 25.9 Å². The number of hydrogen-bond donors (Lipinski definition) is 1. The summed E-state index contributed by atoms with van der Waals surface area (Å²) in [6.45, 7) is 3.64. The number of aliphatic hydroxyl groups is 1. The summed E-state index contributed by atoms with van der Waals surface area (Å²) in [6, 6.07) is 15.0. The fraction of sp³-hybridized carbons (Fsp3) is 0.263. The van der Waals surface area contributed by atoms with Crippen LogP contribution in [0.15, 0.2) is 48.5 Å². The molecule has 0 bridgehead atoms. The molecule has 24 heavy (non-hydrogen) atoms. The lowest BCUT2D eigenvalue weighted by Gasteiger charge is -2.26. The molecule has 3 rings (SSSR count). The van der Waals surface area contributed by atoms with Gasteiger partial charge in [-0.25, -0.2) is 4.98 Å². The summed E-state index contributed by atoms with van der Waals surface area (Å²) in [6.07, 6.45) is 0.0211. The molecule has 124 valence electrons. The zero-order valence-electron chi connectivity index (χ0n) is 14.0. The molecule has 1 aromatic heterocycles. The third kappa shape index (κ3) is 3.32. The largest absolute Gasteiger partial charge is 0.385 e. The van der Waals surface area contributed by atoms with Crippen molar-refractivity contribution in [3.63, 3.8) is 0 Å². The van der Waals surface area contributed by atoms with Gasteiger partial charge in [-0.3, -0.25) is 4.79 Å². The molecule has 1 N–H and O–H groups in total. The van der Waals surface area contributed by atoms with Gasteiger partial charge in [-0.05, 0) is 37.6 Å². The van der Waals surface area contributed by atoms with Crippen molar-refractivity contribution in [3.8, 4) is 0 Å². The van der Waals surface area contributed by atoms with Gasteiger partial charge in [-0.2, -0.15) is 0 Å². The molecule has 0 aliphatic heterocycles. The van der Waals surface area contributed by atoms with Crippen molar-refractivity contribution in [2.75, 3.05) is 11.9 Å². The monoisotopic (exact) mass is 340 g/mol. The van der Waals surface area contributed by atoms with Crippen molar-refractivity contribution < 1.29 is 9.90 Å². The normalized spacial score (nSPS) is 13.7. The topological polar surface area (TPSA) is 53.4 Å². The van der Waals surface area contributed by atoms with Gasteiger partial charge in [0.05, 0.1) is 27.2 Å². The van der Waals surface area contributed by atoms with Crippen LogP contribution in [0.4, 0.5) is 5.69 Å². The van der Waals surface area contributed by atoms with Crippen molar-refractivity contribution in [1.29, 1.82) is 0 Å². The Labute approximate surface area is 145 Å². The maximum absolute atomic E-state index is 12.6. The third-order valence-electron chi connectivity index (χ3n) is 4.13. The van der Waals surface area contributed by atoms with Crippen LogP contribution in [0.1, 0.15) is 23.9 Å². The molecule has 1 unspecified atom stereocenters. The van der Waals surface area contributed by atoms with Crippen LogP contribution in [0, 0.1) is 6.92 Å². The van der Waals surface area contributed by atoms with Crippen LogP contribution in [-0.4, -0.2) is 23.0 Å². The summed E-state index contributed by atoms with van der Waals surface area (Å²) in [5, 5.41) is 11.7. The summed E-state index contributed by atoms with van der Waals surface area (Å²) in [5.41, 5.74) is 1.29. The number of aromatic nitrogens is 1. The molecule has 3 aromatic rings. The summed E-state index contributed by atoms with van der Waals surface area (Å²) in [5.74, 6) is -0.135. The molecule has 0 aliphatic carbocycles. The number of carbonyl (C=O) groups excluding carboxylic acids is 1. The minimum Gasteiger partial charge on any atom is -0.385 e. The predicted octanol–water partition coefficient (Wildman–Crippen LogP) is 3.87. The van der Waals surface area contributed by atoms with E-state index in [1.807, 2.05) is 55.5 Å². The number of benzene rings is 2. The Hall–Kier alpha value is -2.24. The highest BCUT2D eigenvalue weighted by atomic mass is 32.1. The number of fused-ring (bicyclic) bond motifs is 1. The Balaban J connectivity index is 1.80. The predicted molar refractivity (Wildman–Crippen MR) is 98.4 cm³/mol. The van der Waals surface area contributed by atoms with Crippen LogP contribution in [0.5, 0.6) is 0 Å². The average Bonchev–Trinajstić information content (AvgIpc) is 2.93. The number of hydrogen-bond acceptors (Lipinski definition) is 4. The Morgan fingerprint density at radius 1 is 1.25 bits per heavy atom. The first-order valence-electron chi connectivity index (χ1n) is 7.78. The molecule has 5 heteroatoms. The average molecular weight is 340 g/mol. The summed E-state index contributed by atoms with van der Waals surface area (Å²) >= 11 is 1.61. The SMILES string of the molecule is Cc1nc2ccc(N(C)C(=O)CC(C)(O)c3ccccc3)cc2s1. The first-order chi connectivity index (χ1) is 11.4. The van der Waals surface area contributed by atoms with E-state index in [2.05, 4.69) is 4.98 Å². The smallest absolute Gasteiger partial charge is 0.229 e. The van der Waals surface area contributed by atoms with E-state index in [9.17, 15) is 9.90 Å². The molecule has 0 fully saturated rings. The maximum Gasteiger partial charge on any atom is 0.229 e. The number of rotatable bonds is 4. The molecule has 4 nitrogen and oxygen atoms in total. The summed E-state index contributed by atoms with van der Waals surface area (Å²) < 4.78 is 1.06. The standard InChI is InChI=1S/C19H20N2O2S/c1-13-20-16-10-9-15(11-17(16)24-13)21(3)18(22)12-19(2,23)14-7-5-4-6-8-14/h4-11,23H,12H2,1-3H3. The van der Waals surface area contributed by atoms with E-state index in [0.717, 1.165) is 26.5 Å². The second kappa shape index (κ2) is 6.34. The van der Waals surface area contributed by atoms with E-state index in [-0.39, 0.29) is 12.3 Å². The first kappa shape index (κ1) is 16.6. The fourth-order valence-electron chi connectivity index (χ4n) is 2.69. The number of thiazole rings is 1. The van der Waals surface area contributed by atoms with Crippen LogP contribution in [0.2, 0.25) is 0 Å².